The second kappa shape index (κ2) is 5.24. The molecule has 5 heteroatoms. The predicted octanol–water partition coefficient (Wildman–Crippen LogP) is 2.04. The van der Waals surface area contributed by atoms with Crippen molar-refractivity contribution in [3.05, 3.63) is 42.0 Å². The molecule has 0 radical (unpaired) electrons. The average Bonchev–Trinajstić information content (AvgIpc) is 3.02. The Hall–Kier alpha value is -2.30. The topological polar surface area (TPSA) is 78.4 Å². The minimum Gasteiger partial charge on any atom is -0.481 e. The van der Waals surface area contributed by atoms with Crippen LogP contribution in [0, 0.1) is 23.7 Å². The number of hydrogen-bond acceptors (Lipinski definition) is 3. The molecule has 2 aliphatic carbocycles. The Morgan fingerprint density at radius 1 is 1.19 bits per heavy atom. The third-order valence-corrected chi connectivity index (χ3v) is 4.56. The average molecular weight is 286 g/mol. The summed E-state index contributed by atoms with van der Waals surface area (Å²) in [5, 5.41) is 9.40. The zero-order chi connectivity index (χ0) is 15.0. The van der Waals surface area contributed by atoms with Gasteiger partial charge in [-0.05, 0) is 37.3 Å². The summed E-state index contributed by atoms with van der Waals surface area (Å²) in [6, 6.07) is 9.28. The minimum atomic E-state index is -0.883. The molecule has 2 bridgehead atoms. The van der Waals surface area contributed by atoms with Crippen molar-refractivity contribution in [1.82, 2.24) is 5.43 Å². The fraction of sp³-hybridized carbons (Fsp3) is 0.375. The van der Waals surface area contributed by atoms with E-state index in [1.54, 1.807) is 0 Å². The first-order chi connectivity index (χ1) is 10.1. The SMILES string of the molecule is CC1=CC2CC1C(C(=O)NNc1ccccc1)C2C(=O)O. The van der Waals surface area contributed by atoms with Gasteiger partial charge >= 0.3 is 5.97 Å². The van der Waals surface area contributed by atoms with Gasteiger partial charge in [0.25, 0.3) is 0 Å². The second-order valence-corrected chi connectivity index (χ2v) is 5.79. The lowest BCUT2D eigenvalue weighted by Gasteiger charge is -2.26. The van der Waals surface area contributed by atoms with E-state index in [4.69, 9.17) is 0 Å². The van der Waals surface area contributed by atoms with Gasteiger partial charge < -0.3 is 5.11 Å². The molecule has 0 aromatic heterocycles. The number of carbonyl (C=O) groups excluding carboxylic acids is 1. The molecule has 21 heavy (non-hydrogen) atoms. The zero-order valence-corrected chi connectivity index (χ0v) is 11.7. The molecule has 4 unspecified atom stereocenters. The fourth-order valence-corrected chi connectivity index (χ4v) is 3.63. The number of rotatable bonds is 4. The van der Waals surface area contributed by atoms with Gasteiger partial charge in [0.2, 0.25) is 5.91 Å². The van der Waals surface area contributed by atoms with Gasteiger partial charge in [-0.15, -0.1) is 0 Å². The van der Waals surface area contributed by atoms with Crippen molar-refractivity contribution < 1.29 is 14.7 Å². The van der Waals surface area contributed by atoms with E-state index in [2.05, 4.69) is 10.9 Å². The number of aliphatic carboxylic acids is 1. The van der Waals surface area contributed by atoms with Crippen LogP contribution in [0.5, 0.6) is 0 Å². The number of benzene rings is 1. The Kier molecular flexibility index (Phi) is 3.41. The van der Waals surface area contributed by atoms with Crippen LogP contribution in [0.4, 0.5) is 5.69 Å². The second-order valence-electron chi connectivity index (χ2n) is 5.79. The molecule has 3 rings (SSSR count). The number of carboxylic acid groups (broad SMARTS) is 1. The number of carbonyl (C=O) groups is 2. The molecular weight excluding hydrogens is 268 g/mol. The van der Waals surface area contributed by atoms with Gasteiger partial charge in [0.15, 0.2) is 0 Å². The third-order valence-electron chi connectivity index (χ3n) is 4.56. The zero-order valence-electron chi connectivity index (χ0n) is 11.7. The standard InChI is InChI=1S/C16H18N2O3/c1-9-7-10-8-12(9)14(13(10)16(20)21)15(19)18-17-11-5-3-2-4-6-11/h2-7,10,12-14,17H,8H2,1H3,(H,18,19)(H,20,21). The van der Waals surface area contributed by atoms with Crippen LogP contribution in [0.2, 0.25) is 0 Å². The quantitative estimate of drug-likeness (QED) is 0.584. The fourth-order valence-electron chi connectivity index (χ4n) is 3.63. The summed E-state index contributed by atoms with van der Waals surface area (Å²) in [6.07, 6.45) is 2.78. The van der Waals surface area contributed by atoms with E-state index in [1.165, 1.54) is 0 Å². The van der Waals surface area contributed by atoms with Crippen LogP contribution in [-0.2, 0) is 9.59 Å². The summed E-state index contributed by atoms with van der Waals surface area (Å²) in [5.74, 6) is -2.20. The molecule has 0 saturated heterocycles. The molecule has 0 aliphatic heterocycles. The molecular formula is C16H18N2O3. The van der Waals surface area contributed by atoms with Gasteiger partial charge in [-0.25, -0.2) is 0 Å². The van der Waals surface area contributed by atoms with Crippen LogP contribution < -0.4 is 10.9 Å². The highest BCUT2D eigenvalue weighted by Gasteiger charge is 2.53. The molecule has 1 amide bonds. The van der Waals surface area contributed by atoms with Crippen molar-refractivity contribution in [2.45, 2.75) is 13.3 Å². The van der Waals surface area contributed by atoms with Gasteiger partial charge in [0.1, 0.15) is 0 Å². The summed E-state index contributed by atoms with van der Waals surface area (Å²) in [4.78, 5) is 23.9. The maximum Gasteiger partial charge on any atom is 0.307 e. The van der Waals surface area contributed by atoms with Crippen LogP contribution in [-0.4, -0.2) is 17.0 Å². The number of fused-ring (bicyclic) bond motifs is 2. The Balaban J connectivity index is 1.71. The summed E-state index contributed by atoms with van der Waals surface area (Å²) in [7, 11) is 0. The number of hydrazine groups is 1. The third kappa shape index (κ3) is 2.39. The van der Waals surface area contributed by atoms with Gasteiger partial charge in [0.05, 0.1) is 17.5 Å². The molecule has 1 saturated carbocycles. The van der Waals surface area contributed by atoms with Crippen LogP contribution >= 0.6 is 0 Å². The van der Waals surface area contributed by atoms with E-state index in [-0.39, 0.29) is 17.7 Å². The highest BCUT2D eigenvalue weighted by atomic mass is 16.4. The van der Waals surface area contributed by atoms with Crippen LogP contribution in [0.3, 0.4) is 0 Å². The van der Waals surface area contributed by atoms with Crippen molar-refractivity contribution in [2.75, 3.05) is 5.43 Å². The Bertz CT molecular complexity index is 597. The van der Waals surface area contributed by atoms with Crippen molar-refractivity contribution in [2.24, 2.45) is 23.7 Å². The van der Waals surface area contributed by atoms with Crippen molar-refractivity contribution in [1.29, 1.82) is 0 Å². The van der Waals surface area contributed by atoms with E-state index >= 15 is 0 Å². The lowest BCUT2D eigenvalue weighted by atomic mass is 9.79. The number of carboxylic acids is 1. The van der Waals surface area contributed by atoms with E-state index in [0.29, 0.717) is 0 Å². The van der Waals surface area contributed by atoms with Gasteiger partial charge in [-0.3, -0.25) is 20.4 Å². The van der Waals surface area contributed by atoms with Crippen LogP contribution in [0.1, 0.15) is 13.3 Å². The summed E-state index contributed by atoms with van der Waals surface area (Å²) in [6.45, 7) is 1.98. The smallest absolute Gasteiger partial charge is 0.307 e. The first-order valence-corrected chi connectivity index (χ1v) is 7.10. The van der Waals surface area contributed by atoms with Crippen LogP contribution in [0.25, 0.3) is 0 Å². The molecule has 4 atom stereocenters. The molecule has 1 aromatic carbocycles. The summed E-state index contributed by atoms with van der Waals surface area (Å²) >= 11 is 0. The Morgan fingerprint density at radius 3 is 2.57 bits per heavy atom. The molecule has 1 fully saturated rings. The molecule has 1 aromatic rings. The van der Waals surface area contributed by atoms with Crippen molar-refractivity contribution in [3.63, 3.8) is 0 Å². The van der Waals surface area contributed by atoms with Crippen molar-refractivity contribution in [3.8, 4) is 0 Å². The van der Waals surface area contributed by atoms with E-state index in [0.717, 1.165) is 17.7 Å². The van der Waals surface area contributed by atoms with E-state index in [9.17, 15) is 14.7 Å². The van der Waals surface area contributed by atoms with Gasteiger partial charge in [-0.1, -0.05) is 29.8 Å². The monoisotopic (exact) mass is 286 g/mol. The number of hydrogen-bond donors (Lipinski definition) is 3. The van der Waals surface area contributed by atoms with Gasteiger partial charge in [-0.2, -0.15) is 0 Å². The number of amides is 1. The lowest BCUT2D eigenvalue weighted by molar-refractivity contribution is -0.147. The normalized spacial score (nSPS) is 29.9. The first-order valence-electron chi connectivity index (χ1n) is 7.10. The summed E-state index contributed by atoms with van der Waals surface area (Å²) in [5.41, 5.74) is 7.40. The lowest BCUT2D eigenvalue weighted by Crippen LogP contribution is -2.43. The van der Waals surface area contributed by atoms with Crippen LogP contribution in [0.15, 0.2) is 42.0 Å². The molecule has 5 nitrogen and oxygen atoms in total. The number of para-hydroxylation sites is 1. The molecule has 0 heterocycles. The number of allylic oxidation sites excluding steroid dienone is 2. The first kappa shape index (κ1) is 13.7. The number of anilines is 1. The minimum absolute atomic E-state index is 0.0139. The molecule has 3 N–H and O–H groups in total. The molecule has 2 aliphatic rings. The van der Waals surface area contributed by atoms with E-state index < -0.39 is 17.8 Å². The highest BCUT2D eigenvalue weighted by Crippen LogP contribution is 2.51. The predicted molar refractivity (Wildman–Crippen MR) is 78.2 cm³/mol. The maximum absolute atomic E-state index is 12.4. The van der Waals surface area contributed by atoms with Crippen molar-refractivity contribution >= 4 is 17.6 Å². The Morgan fingerprint density at radius 2 is 1.90 bits per heavy atom. The van der Waals surface area contributed by atoms with E-state index in [1.807, 2.05) is 43.3 Å². The molecule has 0 spiro atoms. The Labute approximate surface area is 123 Å². The largest absolute Gasteiger partial charge is 0.481 e. The molecule has 110 valence electrons. The highest BCUT2D eigenvalue weighted by molar-refractivity contribution is 5.87. The summed E-state index contributed by atoms with van der Waals surface area (Å²) < 4.78 is 0. The maximum atomic E-state index is 12.4. The van der Waals surface area contributed by atoms with Gasteiger partial charge in [0, 0.05) is 0 Å². The number of nitrogens with one attached hydrogen (secondary N) is 2.